The minimum Gasteiger partial charge on any atom is -0.398 e. The second-order valence-electron chi connectivity index (χ2n) is 4.95. The largest absolute Gasteiger partial charge is 0.398 e. The number of hydrogen-bond acceptors (Lipinski definition) is 4. The van der Waals surface area contributed by atoms with E-state index in [-0.39, 0.29) is 11.9 Å². The van der Waals surface area contributed by atoms with Crippen LogP contribution in [-0.2, 0) is 0 Å². The third-order valence-corrected chi connectivity index (χ3v) is 3.49. The number of carbonyl (C=O) groups excluding carboxylic acids is 1. The quantitative estimate of drug-likeness (QED) is 0.842. The predicted molar refractivity (Wildman–Crippen MR) is 77.4 cm³/mol. The zero-order valence-corrected chi connectivity index (χ0v) is 12.2. The van der Waals surface area contributed by atoms with Crippen LogP contribution in [0.2, 0.25) is 0 Å². The van der Waals surface area contributed by atoms with Crippen molar-refractivity contribution in [2.24, 2.45) is 0 Å². The minimum absolute atomic E-state index is 0.151. The predicted octanol–water partition coefficient (Wildman–Crippen LogP) is 2.67. The van der Waals surface area contributed by atoms with Crippen LogP contribution in [0, 0.1) is 20.8 Å². The van der Waals surface area contributed by atoms with E-state index in [0.29, 0.717) is 11.3 Å². The lowest BCUT2D eigenvalue weighted by atomic mass is 10.0. The van der Waals surface area contributed by atoms with E-state index in [1.54, 1.807) is 18.2 Å². The maximum absolute atomic E-state index is 12.3. The third kappa shape index (κ3) is 2.52. The molecule has 1 atom stereocenters. The van der Waals surface area contributed by atoms with E-state index in [0.717, 1.165) is 22.6 Å². The summed E-state index contributed by atoms with van der Waals surface area (Å²) in [6.07, 6.45) is 0. The fraction of sp³-hybridized carbons (Fsp3) is 0.333. The fourth-order valence-electron chi connectivity index (χ4n) is 2.35. The average Bonchev–Trinajstić information content (AvgIpc) is 2.72. The summed E-state index contributed by atoms with van der Waals surface area (Å²) in [4.78, 5) is 12.3. The van der Waals surface area contributed by atoms with Crippen LogP contribution in [0.5, 0.6) is 0 Å². The molecule has 1 heterocycles. The van der Waals surface area contributed by atoms with Gasteiger partial charge < -0.3 is 15.6 Å². The molecule has 0 spiro atoms. The monoisotopic (exact) mass is 273 g/mol. The number of amides is 1. The number of benzene rings is 1. The second-order valence-corrected chi connectivity index (χ2v) is 4.95. The SMILES string of the molecule is Cc1noc(C)c1C(C)NC(=O)c1cccc(N)c1C. The molecule has 1 aromatic carbocycles. The first kappa shape index (κ1) is 14.1. The Balaban J connectivity index is 2.22. The third-order valence-electron chi connectivity index (χ3n) is 3.49. The summed E-state index contributed by atoms with van der Waals surface area (Å²) in [7, 11) is 0. The first-order valence-electron chi connectivity index (χ1n) is 6.50. The maximum Gasteiger partial charge on any atom is 0.252 e. The van der Waals surface area contributed by atoms with Gasteiger partial charge in [0.2, 0.25) is 0 Å². The number of aryl methyl sites for hydroxylation is 2. The van der Waals surface area contributed by atoms with Crippen molar-refractivity contribution >= 4 is 11.6 Å². The van der Waals surface area contributed by atoms with Gasteiger partial charge in [0.25, 0.3) is 5.91 Å². The highest BCUT2D eigenvalue weighted by Crippen LogP contribution is 2.22. The first-order chi connectivity index (χ1) is 9.41. The van der Waals surface area contributed by atoms with Gasteiger partial charge in [0, 0.05) is 16.8 Å². The van der Waals surface area contributed by atoms with E-state index < -0.39 is 0 Å². The van der Waals surface area contributed by atoms with Crippen molar-refractivity contribution < 1.29 is 9.32 Å². The molecule has 1 aromatic heterocycles. The summed E-state index contributed by atoms with van der Waals surface area (Å²) in [6, 6.07) is 5.15. The number of nitrogens with one attached hydrogen (secondary N) is 1. The van der Waals surface area contributed by atoms with Crippen molar-refractivity contribution in [1.29, 1.82) is 0 Å². The Bertz CT molecular complexity index is 627. The molecule has 3 N–H and O–H groups in total. The van der Waals surface area contributed by atoms with Gasteiger partial charge in [-0.1, -0.05) is 11.2 Å². The van der Waals surface area contributed by atoms with Gasteiger partial charge in [-0.05, 0) is 45.4 Å². The van der Waals surface area contributed by atoms with Gasteiger partial charge in [-0.3, -0.25) is 4.79 Å². The Hall–Kier alpha value is -2.30. The average molecular weight is 273 g/mol. The number of nitrogens with zero attached hydrogens (tertiary/aromatic N) is 1. The van der Waals surface area contributed by atoms with Crippen molar-refractivity contribution in [3.63, 3.8) is 0 Å². The Kier molecular flexibility index (Phi) is 3.79. The van der Waals surface area contributed by atoms with E-state index in [1.165, 1.54) is 0 Å². The summed E-state index contributed by atoms with van der Waals surface area (Å²) in [5.74, 6) is 0.571. The molecule has 20 heavy (non-hydrogen) atoms. The molecule has 5 nitrogen and oxygen atoms in total. The number of aromatic nitrogens is 1. The highest BCUT2D eigenvalue weighted by atomic mass is 16.5. The summed E-state index contributed by atoms with van der Waals surface area (Å²) in [5, 5.41) is 6.86. The Morgan fingerprint density at radius 2 is 2.05 bits per heavy atom. The molecule has 106 valence electrons. The van der Waals surface area contributed by atoms with Crippen LogP contribution in [-0.4, -0.2) is 11.1 Å². The van der Waals surface area contributed by atoms with Gasteiger partial charge in [-0.15, -0.1) is 0 Å². The maximum atomic E-state index is 12.3. The highest BCUT2D eigenvalue weighted by Gasteiger charge is 2.19. The van der Waals surface area contributed by atoms with Crippen molar-refractivity contribution in [2.45, 2.75) is 33.7 Å². The van der Waals surface area contributed by atoms with Gasteiger partial charge in [0.15, 0.2) is 0 Å². The lowest BCUT2D eigenvalue weighted by Crippen LogP contribution is -2.28. The Morgan fingerprint density at radius 3 is 2.65 bits per heavy atom. The molecule has 0 saturated heterocycles. The molecule has 0 aliphatic heterocycles. The van der Waals surface area contributed by atoms with Crippen molar-refractivity contribution in [2.75, 3.05) is 5.73 Å². The smallest absolute Gasteiger partial charge is 0.252 e. The molecular formula is C15H19N3O2. The molecular weight excluding hydrogens is 254 g/mol. The first-order valence-corrected chi connectivity index (χ1v) is 6.50. The van der Waals surface area contributed by atoms with Crippen molar-refractivity contribution in [1.82, 2.24) is 10.5 Å². The van der Waals surface area contributed by atoms with Crippen LogP contribution in [0.1, 0.15) is 45.9 Å². The molecule has 0 bridgehead atoms. The van der Waals surface area contributed by atoms with Gasteiger partial charge in [0.05, 0.1) is 11.7 Å². The van der Waals surface area contributed by atoms with E-state index in [1.807, 2.05) is 27.7 Å². The number of hydrogen-bond donors (Lipinski definition) is 2. The molecule has 1 amide bonds. The molecule has 2 aromatic rings. The molecule has 0 aliphatic rings. The van der Waals surface area contributed by atoms with Crippen molar-refractivity contribution in [3.05, 3.63) is 46.3 Å². The number of nitrogens with two attached hydrogens (primary N) is 1. The van der Waals surface area contributed by atoms with Gasteiger partial charge in [-0.25, -0.2) is 0 Å². The molecule has 0 fully saturated rings. The Labute approximate surface area is 118 Å². The standard InChI is InChI=1S/C15H19N3O2/c1-8-12(6-5-7-13(8)16)15(19)17-9(2)14-10(3)18-20-11(14)4/h5-7,9H,16H2,1-4H3,(H,17,19). The number of rotatable bonds is 3. The molecule has 2 rings (SSSR count). The van der Waals surface area contributed by atoms with Crippen LogP contribution in [0.25, 0.3) is 0 Å². The molecule has 0 aliphatic carbocycles. The van der Waals surface area contributed by atoms with Gasteiger partial charge in [-0.2, -0.15) is 0 Å². The summed E-state index contributed by atoms with van der Waals surface area (Å²) in [6.45, 7) is 7.45. The summed E-state index contributed by atoms with van der Waals surface area (Å²) >= 11 is 0. The second kappa shape index (κ2) is 5.36. The lowest BCUT2D eigenvalue weighted by molar-refractivity contribution is 0.0939. The minimum atomic E-state index is -0.172. The zero-order chi connectivity index (χ0) is 14.9. The molecule has 0 radical (unpaired) electrons. The Morgan fingerprint density at radius 1 is 1.35 bits per heavy atom. The lowest BCUT2D eigenvalue weighted by Gasteiger charge is -2.15. The van der Waals surface area contributed by atoms with E-state index in [9.17, 15) is 4.79 Å². The topological polar surface area (TPSA) is 81.2 Å². The van der Waals surface area contributed by atoms with E-state index in [4.69, 9.17) is 10.3 Å². The van der Waals surface area contributed by atoms with Crippen LogP contribution in [0.3, 0.4) is 0 Å². The van der Waals surface area contributed by atoms with Gasteiger partial charge in [0.1, 0.15) is 5.76 Å². The molecule has 1 unspecified atom stereocenters. The number of carbonyl (C=O) groups is 1. The number of nitrogen functional groups attached to an aromatic ring is 1. The fourth-order valence-corrected chi connectivity index (χ4v) is 2.35. The highest BCUT2D eigenvalue weighted by molar-refractivity contribution is 5.97. The summed E-state index contributed by atoms with van der Waals surface area (Å²) < 4.78 is 5.13. The van der Waals surface area contributed by atoms with E-state index in [2.05, 4.69) is 10.5 Å². The van der Waals surface area contributed by atoms with E-state index >= 15 is 0 Å². The van der Waals surface area contributed by atoms with Gasteiger partial charge >= 0.3 is 0 Å². The molecule has 5 heteroatoms. The number of anilines is 1. The van der Waals surface area contributed by atoms with Crippen LogP contribution < -0.4 is 11.1 Å². The zero-order valence-electron chi connectivity index (χ0n) is 12.2. The van der Waals surface area contributed by atoms with Crippen LogP contribution in [0.15, 0.2) is 22.7 Å². The van der Waals surface area contributed by atoms with Crippen LogP contribution in [0.4, 0.5) is 5.69 Å². The van der Waals surface area contributed by atoms with Crippen LogP contribution >= 0.6 is 0 Å². The summed E-state index contributed by atoms with van der Waals surface area (Å²) in [5.41, 5.74) is 9.52. The normalized spacial score (nSPS) is 12.2. The molecule has 0 saturated carbocycles. The van der Waals surface area contributed by atoms with Crippen molar-refractivity contribution in [3.8, 4) is 0 Å².